The number of nitrogens with one attached hydrogen (secondary N) is 1. The van der Waals surface area contributed by atoms with Crippen LogP contribution in [0, 0.1) is 5.82 Å². The van der Waals surface area contributed by atoms with E-state index in [0.29, 0.717) is 43.1 Å². The Morgan fingerprint density at radius 2 is 2.12 bits per heavy atom. The lowest BCUT2D eigenvalue weighted by atomic mass is 10.1. The molecule has 0 atom stereocenters. The molecule has 7 heteroatoms. The highest BCUT2D eigenvalue weighted by Gasteiger charge is 2.21. The van der Waals surface area contributed by atoms with Gasteiger partial charge < -0.3 is 20.1 Å². The number of aliphatic hydroxyl groups is 1. The number of likely N-dealkylation sites (tertiary alicyclic amines) is 1. The fourth-order valence-electron chi connectivity index (χ4n) is 2.64. The summed E-state index contributed by atoms with van der Waals surface area (Å²) in [6, 6.07) is 9.16. The van der Waals surface area contributed by atoms with E-state index in [0.717, 1.165) is 0 Å². The first-order valence-corrected chi connectivity index (χ1v) is 8.20. The quantitative estimate of drug-likeness (QED) is 0.893. The van der Waals surface area contributed by atoms with Gasteiger partial charge in [-0.05, 0) is 31.0 Å². The standard InChI is InChI=1S/C18H20FN3O3/c19-14-4-1-5-16(11-14)25-17-13(3-2-8-20-17)12-21-18(24)22-9-6-15(23)7-10-22/h1-5,8,11,15,23H,6-7,9-10,12H2,(H,21,24). The molecule has 1 aromatic heterocycles. The van der Waals surface area contributed by atoms with Crippen molar-refractivity contribution in [3.8, 4) is 11.6 Å². The third-order valence-electron chi connectivity index (χ3n) is 4.04. The predicted molar refractivity (Wildman–Crippen MR) is 89.8 cm³/mol. The molecule has 25 heavy (non-hydrogen) atoms. The smallest absolute Gasteiger partial charge is 0.317 e. The summed E-state index contributed by atoms with van der Waals surface area (Å²) in [5, 5.41) is 12.3. The molecule has 1 fully saturated rings. The van der Waals surface area contributed by atoms with Gasteiger partial charge >= 0.3 is 6.03 Å². The topological polar surface area (TPSA) is 74.7 Å². The van der Waals surface area contributed by atoms with Crippen LogP contribution >= 0.6 is 0 Å². The monoisotopic (exact) mass is 345 g/mol. The van der Waals surface area contributed by atoms with Gasteiger partial charge in [-0.1, -0.05) is 12.1 Å². The Hall–Kier alpha value is -2.67. The molecule has 0 aliphatic carbocycles. The fourth-order valence-corrected chi connectivity index (χ4v) is 2.64. The van der Waals surface area contributed by atoms with Crippen molar-refractivity contribution in [1.82, 2.24) is 15.2 Å². The van der Waals surface area contributed by atoms with E-state index < -0.39 is 5.82 Å². The number of nitrogens with zero attached hydrogens (tertiary/aromatic N) is 2. The van der Waals surface area contributed by atoms with Gasteiger partial charge in [0.1, 0.15) is 11.6 Å². The van der Waals surface area contributed by atoms with Crippen molar-refractivity contribution in [3.05, 3.63) is 54.0 Å². The van der Waals surface area contributed by atoms with Crippen molar-refractivity contribution in [1.29, 1.82) is 0 Å². The van der Waals surface area contributed by atoms with E-state index in [1.165, 1.54) is 12.1 Å². The normalized spacial score (nSPS) is 15.0. The Kier molecular flexibility index (Phi) is 5.45. The number of benzene rings is 1. The van der Waals surface area contributed by atoms with Gasteiger partial charge in [0.25, 0.3) is 0 Å². The maximum Gasteiger partial charge on any atom is 0.317 e. The SMILES string of the molecule is O=C(NCc1cccnc1Oc1cccc(F)c1)N1CCC(O)CC1. The third-order valence-corrected chi connectivity index (χ3v) is 4.04. The van der Waals surface area contributed by atoms with Crippen LogP contribution in [-0.2, 0) is 6.54 Å². The number of hydrogen-bond donors (Lipinski definition) is 2. The summed E-state index contributed by atoms with van der Waals surface area (Å²) in [5.74, 6) is 0.273. The van der Waals surface area contributed by atoms with Crippen molar-refractivity contribution in [2.45, 2.75) is 25.5 Å². The van der Waals surface area contributed by atoms with Gasteiger partial charge in [-0.25, -0.2) is 14.2 Å². The average Bonchev–Trinajstić information content (AvgIpc) is 2.61. The van der Waals surface area contributed by atoms with E-state index in [1.54, 1.807) is 35.4 Å². The zero-order valence-corrected chi connectivity index (χ0v) is 13.7. The number of carbonyl (C=O) groups excluding carboxylic acids is 1. The average molecular weight is 345 g/mol. The lowest BCUT2D eigenvalue weighted by Crippen LogP contribution is -2.45. The van der Waals surface area contributed by atoms with Gasteiger partial charge in [-0.15, -0.1) is 0 Å². The number of halogens is 1. The molecule has 2 N–H and O–H groups in total. The molecule has 3 rings (SSSR count). The van der Waals surface area contributed by atoms with E-state index >= 15 is 0 Å². The molecule has 132 valence electrons. The zero-order chi connectivity index (χ0) is 17.6. The Labute approximate surface area is 145 Å². The van der Waals surface area contributed by atoms with Gasteiger partial charge in [0.05, 0.1) is 6.10 Å². The van der Waals surface area contributed by atoms with Gasteiger partial charge in [-0.3, -0.25) is 0 Å². The first-order valence-electron chi connectivity index (χ1n) is 8.20. The lowest BCUT2D eigenvalue weighted by Gasteiger charge is -2.29. The van der Waals surface area contributed by atoms with Crippen molar-refractivity contribution >= 4 is 6.03 Å². The highest BCUT2D eigenvalue weighted by molar-refractivity contribution is 5.74. The maximum atomic E-state index is 13.3. The highest BCUT2D eigenvalue weighted by atomic mass is 19.1. The summed E-state index contributed by atoms with van der Waals surface area (Å²) >= 11 is 0. The molecule has 1 saturated heterocycles. The largest absolute Gasteiger partial charge is 0.439 e. The Balaban J connectivity index is 1.62. The number of carbonyl (C=O) groups is 1. The minimum Gasteiger partial charge on any atom is -0.439 e. The van der Waals surface area contributed by atoms with Crippen LogP contribution in [0.15, 0.2) is 42.6 Å². The summed E-state index contributed by atoms with van der Waals surface area (Å²) < 4.78 is 18.9. The molecule has 0 unspecified atom stereocenters. The first kappa shape index (κ1) is 17.2. The van der Waals surface area contributed by atoms with E-state index in [-0.39, 0.29) is 18.7 Å². The molecule has 0 bridgehead atoms. The molecular formula is C18H20FN3O3. The highest BCUT2D eigenvalue weighted by Crippen LogP contribution is 2.23. The van der Waals surface area contributed by atoms with E-state index in [4.69, 9.17) is 4.74 Å². The predicted octanol–water partition coefficient (Wildman–Crippen LogP) is 2.68. The number of aliphatic hydroxyl groups excluding tert-OH is 1. The van der Waals surface area contributed by atoms with Crippen LogP contribution in [0.1, 0.15) is 18.4 Å². The van der Waals surface area contributed by atoms with Crippen molar-refractivity contribution in [2.75, 3.05) is 13.1 Å². The van der Waals surface area contributed by atoms with E-state index in [1.807, 2.05) is 0 Å². The Bertz CT molecular complexity index is 733. The van der Waals surface area contributed by atoms with Crippen molar-refractivity contribution < 1.29 is 19.0 Å². The van der Waals surface area contributed by atoms with Crippen LogP contribution in [0.4, 0.5) is 9.18 Å². The molecule has 2 heterocycles. The molecule has 1 aliphatic heterocycles. The molecule has 0 saturated carbocycles. The second kappa shape index (κ2) is 7.94. The third kappa shape index (κ3) is 4.67. The lowest BCUT2D eigenvalue weighted by molar-refractivity contribution is 0.0936. The molecule has 2 amide bonds. The number of aromatic nitrogens is 1. The molecular weight excluding hydrogens is 325 g/mol. The van der Waals surface area contributed by atoms with Gasteiger partial charge in [0.2, 0.25) is 5.88 Å². The summed E-state index contributed by atoms with van der Waals surface area (Å²) in [5.41, 5.74) is 0.692. The molecule has 0 radical (unpaired) electrons. The summed E-state index contributed by atoms with van der Waals surface area (Å²) in [7, 11) is 0. The number of ether oxygens (including phenoxy) is 1. The number of hydrogen-bond acceptors (Lipinski definition) is 4. The van der Waals surface area contributed by atoms with Crippen LogP contribution in [0.3, 0.4) is 0 Å². The van der Waals surface area contributed by atoms with Gasteiger partial charge in [0.15, 0.2) is 0 Å². The van der Waals surface area contributed by atoms with Crippen LogP contribution < -0.4 is 10.1 Å². The minimum atomic E-state index is -0.393. The van der Waals surface area contributed by atoms with Gasteiger partial charge in [-0.2, -0.15) is 0 Å². The van der Waals surface area contributed by atoms with Gasteiger partial charge in [0, 0.05) is 37.5 Å². The van der Waals surface area contributed by atoms with Crippen LogP contribution in [0.2, 0.25) is 0 Å². The maximum absolute atomic E-state index is 13.3. The molecule has 1 aromatic carbocycles. The number of urea groups is 1. The Morgan fingerprint density at radius 3 is 2.88 bits per heavy atom. The molecule has 6 nitrogen and oxygen atoms in total. The number of pyridine rings is 1. The van der Waals surface area contributed by atoms with Crippen molar-refractivity contribution in [2.24, 2.45) is 0 Å². The van der Waals surface area contributed by atoms with E-state index in [2.05, 4.69) is 10.3 Å². The van der Waals surface area contributed by atoms with Crippen LogP contribution in [0.25, 0.3) is 0 Å². The Morgan fingerprint density at radius 1 is 1.32 bits per heavy atom. The fraction of sp³-hybridized carbons (Fsp3) is 0.333. The second-order valence-electron chi connectivity index (χ2n) is 5.90. The molecule has 2 aromatic rings. The van der Waals surface area contributed by atoms with Crippen molar-refractivity contribution in [3.63, 3.8) is 0 Å². The number of rotatable bonds is 4. The zero-order valence-electron chi connectivity index (χ0n) is 13.7. The number of amides is 2. The first-order chi connectivity index (χ1) is 12.1. The molecule has 0 spiro atoms. The van der Waals surface area contributed by atoms with Crippen LogP contribution in [-0.4, -0.2) is 40.2 Å². The second-order valence-corrected chi connectivity index (χ2v) is 5.90. The molecule has 1 aliphatic rings. The van der Waals surface area contributed by atoms with Crippen LogP contribution in [0.5, 0.6) is 11.6 Å². The summed E-state index contributed by atoms with van der Waals surface area (Å²) in [4.78, 5) is 18.1. The number of piperidine rings is 1. The summed E-state index contributed by atoms with van der Waals surface area (Å²) in [6.07, 6.45) is 2.43. The minimum absolute atomic E-state index is 0.188. The summed E-state index contributed by atoms with van der Waals surface area (Å²) in [6.45, 7) is 1.32. The van der Waals surface area contributed by atoms with E-state index in [9.17, 15) is 14.3 Å².